The monoisotopic (exact) mass is 150 g/mol. The van der Waals surface area contributed by atoms with Gasteiger partial charge in [-0.1, -0.05) is 0 Å². The molecule has 0 aliphatic heterocycles. The molecule has 2 nitrogen and oxygen atoms in total. The first kappa shape index (κ1) is 6.77. The second-order valence-electron chi connectivity index (χ2n) is 3.35. The molecule has 1 N–H and O–H groups in total. The zero-order chi connectivity index (χ0) is 7.84. The highest BCUT2D eigenvalue weighted by atomic mass is 15.4. The van der Waals surface area contributed by atoms with Crippen molar-refractivity contribution in [3.05, 3.63) is 23.5 Å². The van der Waals surface area contributed by atoms with Crippen molar-refractivity contribution in [2.75, 3.05) is 5.43 Å². The third-order valence-electron chi connectivity index (χ3n) is 2.16. The molecule has 1 fully saturated rings. The molecule has 1 aliphatic rings. The van der Waals surface area contributed by atoms with E-state index >= 15 is 0 Å². The molecular weight excluding hydrogens is 136 g/mol. The van der Waals surface area contributed by atoms with E-state index in [1.807, 2.05) is 0 Å². The summed E-state index contributed by atoms with van der Waals surface area (Å²) in [4.78, 5) is 0. The Hall–Kier alpha value is -0.920. The second kappa shape index (κ2) is 2.29. The maximum atomic E-state index is 3.45. The van der Waals surface area contributed by atoms with E-state index in [0.717, 1.165) is 6.04 Å². The van der Waals surface area contributed by atoms with Crippen molar-refractivity contribution in [1.82, 2.24) is 4.68 Å². The zero-order valence-electron chi connectivity index (χ0n) is 7.09. The molecule has 0 bridgehead atoms. The number of hydrogen-bond donors (Lipinski definition) is 1. The van der Waals surface area contributed by atoms with Gasteiger partial charge in [-0.25, -0.2) is 0 Å². The normalized spacial score (nSPS) is 16.9. The van der Waals surface area contributed by atoms with Gasteiger partial charge in [0.1, 0.15) is 0 Å². The first-order valence-electron chi connectivity index (χ1n) is 4.19. The van der Waals surface area contributed by atoms with Crippen LogP contribution >= 0.6 is 0 Å². The lowest BCUT2D eigenvalue weighted by Gasteiger charge is -2.10. The lowest BCUT2D eigenvalue weighted by atomic mass is 10.5. The van der Waals surface area contributed by atoms with Crippen molar-refractivity contribution in [2.24, 2.45) is 0 Å². The quantitative estimate of drug-likeness (QED) is 0.680. The van der Waals surface area contributed by atoms with Gasteiger partial charge in [0.05, 0.1) is 0 Å². The van der Waals surface area contributed by atoms with Crippen molar-refractivity contribution in [3.63, 3.8) is 0 Å². The summed E-state index contributed by atoms with van der Waals surface area (Å²) in [5.41, 5.74) is 6.05. The Kier molecular flexibility index (Phi) is 1.41. The van der Waals surface area contributed by atoms with E-state index in [4.69, 9.17) is 0 Å². The van der Waals surface area contributed by atoms with Gasteiger partial charge in [0.2, 0.25) is 0 Å². The van der Waals surface area contributed by atoms with E-state index in [2.05, 4.69) is 36.1 Å². The van der Waals surface area contributed by atoms with Crippen LogP contribution in [0.5, 0.6) is 0 Å². The molecule has 0 amide bonds. The summed E-state index contributed by atoms with van der Waals surface area (Å²) in [6.45, 7) is 4.25. The molecule has 1 saturated carbocycles. The highest BCUT2D eigenvalue weighted by molar-refractivity contribution is 5.16. The topological polar surface area (TPSA) is 17.0 Å². The Morgan fingerprint density at radius 3 is 2.27 bits per heavy atom. The van der Waals surface area contributed by atoms with Crippen LogP contribution < -0.4 is 5.43 Å². The van der Waals surface area contributed by atoms with Gasteiger partial charge in [0.25, 0.3) is 0 Å². The van der Waals surface area contributed by atoms with Crippen molar-refractivity contribution in [1.29, 1.82) is 0 Å². The van der Waals surface area contributed by atoms with E-state index in [-0.39, 0.29) is 0 Å². The smallest absolute Gasteiger partial charge is 0.0426 e. The highest BCUT2D eigenvalue weighted by Gasteiger charge is 2.21. The molecule has 1 aromatic heterocycles. The molecule has 0 saturated heterocycles. The summed E-state index contributed by atoms with van der Waals surface area (Å²) >= 11 is 0. The fraction of sp³-hybridized carbons (Fsp3) is 0.556. The fourth-order valence-electron chi connectivity index (χ4n) is 1.27. The van der Waals surface area contributed by atoms with E-state index in [9.17, 15) is 0 Å². The summed E-state index contributed by atoms with van der Waals surface area (Å²) in [5, 5.41) is 0. The van der Waals surface area contributed by atoms with Gasteiger partial charge < -0.3 is 5.43 Å². The summed E-state index contributed by atoms with van der Waals surface area (Å²) in [7, 11) is 0. The van der Waals surface area contributed by atoms with Gasteiger partial charge in [-0.15, -0.1) is 0 Å². The van der Waals surface area contributed by atoms with Crippen LogP contribution in [0.4, 0.5) is 0 Å². The molecule has 0 radical (unpaired) electrons. The predicted octanol–water partition coefficient (Wildman–Crippen LogP) is 1.81. The summed E-state index contributed by atoms with van der Waals surface area (Å²) in [5.74, 6) is 0. The van der Waals surface area contributed by atoms with E-state index in [1.54, 1.807) is 0 Å². The number of rotatable bonds is 2. The molecule has 0 unspecified atom stereocenters. The summed E-state index contributed by atoms with van der Waals surface area (Å²) < 4.78 is 2.18. The first-order valence-corrected chi connectivity index (χ1v) is 4.19. The third-order valence-corrected chi connectivity index (χ3v) is 2.16. The Morgan fingerprint density at radius 1 is 1.27 bits per heavy atom. The van der Waals surface area contributed by atoms with Gasteiger partial charge in [0.15, 0.2) is 0 Å². The molecule has 2 heteroatoms. The molecule has 0 atom stereocenters. The van der Waals surface area contributed by atoms with Gasteiger partial charge in [-0.05, 0) is 38.8 Å². The molecule has 0 aromatic carbocycles. The first-order chi connectivity index (χ1) is 5.27. The predicted molar refractivity (Wildman–Crippen MR) is 46.3 cm³/mol. The highest BCUT2D eigenvalue weighted by Crippen LogP contribution is 2.21. The van der Waals surface area contributed by atoms with Crippen molar-refractivity contribution in [3.8, 4) is 0 Å². The number of nitrogens with one attached hydrogen (secondary N) is 1. The molecule has 1 heterocycles. The molecule has 11 heavy (non-hydrogen) atoms. The van der Waals surface area contributed by atoms with E-state index in [0.29, 0.717) is 0 Å². The van der Waals surface area contributed by atoms with Crippen LogP contribution in [0.2, 0.25) is 0 Å². The number of hydrogen-bond acceptors (Lipinski definition) is 1. The zero-order valence-corrected chi connectivity index (χ0v) is 7.09. The van der Waals surface area contributed by atoms with Gasteiger partial charge >= 0.3 is 0 Å². The van der Waals surface area contributed by atoms with E-state index in [1.165, 1.54) is 24.2 Å². The van der Waals surface area contributed by atoms with Crippen molar-refractivity contribution < 1.29 is 0 Å². The second-order valence-corrected chi connectivity index (χ2v) is 3.35. The van der Waals surface area contributed by atoms with Gasteiger partial charge in [-0.2, -0.15) is 0 Å². The van der Waals surface area contributed by atoms with Gasteiger partial charge in [-0.3, -0.25) is 4.68 Å². The summed E-state index contributed by atoms with van der Waals surface area (Å²) in [6, 6.07) is 5.02. The number of aryl methyl sites for hydroxylation is 2. The molecule has 1 aromatic rings. The molecular formula is C9H14N2. The minimum absolute atomic E-state index is 0.736. The minimum Gasteiger partial charge on any atom is -0.323 e. The lowest BCUT2D eigenvalue weighted by molar-refractivity contribution is 0.789. The van der Waals surface area contributed by atoms with Crippen LogP contribution in [0.25, 0.3) is 0 Å². The maximum Gasteiger partial charge on any atom is 0.0426 e. The average molecular weight is 150 g/mol. The lowest BCUT2D eigenvalue weighted by Crippen LogP contribution is -2.18. The summed E-state index contributed by atoms with van der Waals surface area (Å²) in [6.07, 6.45) is 2.66. The third kappa shape index (κ3) is 1.25. The van der Waals surface area contributed by atoms with Gasteiger partial charge in [0, 0.05) is 17.4 Å². The molecule has 0 spiro atoms. The molecule has 1 aliphatic carbocycles. The minimum atomic E-state index is 0.736. The van der Waals surface area contributed by atoms with Crippen LogP contribution in [0.15, 0.2) is 12.1 Å². The Balaban J connectivity index is 2.19. The standard InChI is InChI=1S/C9H14N2/c1-7-3-4-8(2)11(7)10-9-5-6-9/h3-4,9-10H,5-6H2,1-2H3. The van der Waals surface area contributed by atoms with Crippen molar-refractivity contribution in [2.45, 2.75) is 32.7 Å². The largest absolute Gasteiger partial charge is 0.323 e. The van der Waals surface area contributed by atoms with Crippen LogP contribution in [0.1, 0.15) is 24.2 Å². The Morgan fingerprint density at radius 2 is 1.82 bits per heavy atom. The average Bonchev–Trinajstić information content (AvgIpc) is 2.73. The van der Waals surface area contributed by atoms with Crippen molar-refractivity contribution >= 4 is 0 Å². The van der Waals surface area contributed by atoms with E-state index < -0.39 is 0 Å². The molecule has 60 valence electrons. The Bertz CT molecular complexity index is 239. The van der Waals surface area contributed by atoms with Crippen LogP contribution in [-0.4, -0.2) is 10.7 Å². The maximum absolute atomic E-state index is 3.45. The fourth-order valence-corrected chi connectivity index (χ4v) is 1.27. The van der Waals surface area contributed by atoms with Crippen LogP contribution in [0.3, 0.4) is 0 Å². The van der Waals surface area contributed by atoms with Crippen LogP contribution in [-0.2, 0) is 0 Å². The number of nitrogens with zero attached hydrogens (tertiary/aromatic N) is 1. The molecule has 2 rings (SSSR count). The Labute approximate surface area is 67.2 Å². The van der Waals surface area contributed by atoms with Crippen LogP contribution in [0, 0.1) is 13.8 Å². The SMILES string of the molecule is Cc1ccc(C)n1NC1CC1. The number of aromatic nitrogens is 1.